The molecular weight excluding hydrogens is 676 g/mol. The van der Waals surface area contributed by atoms with Gasteiger partial charge in [-0.05, 0) is 94.3 Å². The van der Waals surface area contributed by atoms with Crippen molar-refractivity contribution in [1.29, 1.82) is 0 Å². The summed E-state index contributed by atoms with van der Waals surface area (Å²) in [4.78, 5) is 42.0. The summed E-state index contributed by atoms with van der Waals surface area (Å²) in [5.41, 5.74) is 4.87. The van der Waals surface area contributed by atoms with Gasteiger partial charge in [0.15, 0.2) is 0 Å². The van der Waals surface area contributed by atoms with Crippen molar-refractivity contribution in [2.75, 3.05) is 13.2 Å². The van der Waals surface area contributed by atoms with Crippen LogP contribution >= 0.6 is 0 Å². The molecule has 0 bridgehead atoms. The van der Waals surface area contributed by atoms with Gasteiger partial charge in [-0.25, -0.2) is 32.5 Å². The first-order valence-electron chi connectivity index (χ1n) is 16.5. The minimum atomic E-state index is -4.42. The molecule has 1 atom stereocenters. The van der Waals surface area contributed by atoms with E-state index >= 15 is 0 Å². The summed E-state index contributed by atoms with van der Waals surface area (Å²) in [6, 6.07) is 13.9. The number of rotatable bonds is 8. The molecule has 0 fully saturated rings. The first kappa shape index (κ1) is 37.2. The minimum absolute atomic E-state index is 0.0229. The number of fused-ring (bicyclic) bond motifs is 4. The fourth-order valence-corrected chi connectivity index (χ4v) is 8.03. The van der Waals surface area contributed by atoms with Crippen LogP contribution in [0.25, 0.3) is 11.1 Å². The zero-order chi connectivity index (χ0) is 37.5. The molecule has 0 aromatic heterocycles. The molecule has 3 aromatic rings. The molecule has 14 heteroatoms. The first-order valence-corrected chi connectivity index (χ1v) is 18.0. The highest BCUT2D eigenvalue weighted by atomic mass is 32.2. The fourth-order valence-electron chi connectivity index (χ4n) is 6.47. The predicted molar refractivity (Wildman–Crippen MR) is 191 cm³/mol. The standard InChI is InChI=1S/C37H44N4O9S/c1-20-21(2)31(22(3)27-17-37(7,8)49-30(20)27)51(46,47)41-33(40-35(45)50-36(4,5)6)38-18-29(32(42)43)39-34(44)48-19-28-25-15-11-9-13-23(25)24-14-10-12-16-26(24)28/h9-16,28-29H,17-19H2,1-8H3,(H,39,44)(H,42,43)(H2,38,40,41,45)/t29-/m0/s1. The van der Waals surface area contributed by atoms with E-state index in [-0.39, 0.29) is 17.4 Å². The second-order valence-electron chi connectivity index (χ2n) is 14.3. The van der Waals surface area contributed by atoms with Crippen LogP contribution in [-0.2, 0) is 30.7 Å². The summed E-state index contributed by atoms with van der Waals surface area (Å²) in [5.74, 6) is -1.68. The molecule has 51 heavy (non-hydrogen) atoms. The van der Waals surface area contributed by atoms with Crippen LogP contribution in [0.5, 0.6) is 5.75 Å². The van der Waals surface area contributed by atoms with Crippen molar-refractivity contribution >= 4 is 34.1 Å². The second kappa shape index (κ2) is 13.9. The number of sulfonamides is 1. The Kier molecular flexibility index (Phi) is 10.1. The van der Waals surface area contributed by atoms with E-state index in [0.29, 0.717) is 28.9 Å². The number of benzene rings is 3. The highest BCUT2D eigenvalue weighted by Crippen LogP contribution is 2.45. The maximum Gasteiger partial charge on any atom is 0.414 e. The number of carbonyl (C=O) groups is 3. The summed E-state index contributed by atoms with van der Waals surface area (Å²) in [7, 11) is -4.42. The van der Waals surface area contributed by atoms with Crippen molar-refractivity contribution in [1.82, 2.24) is 15.4 Å². The molecule has 0 radical (unpaired) electrons. The third-order valence-electron chi connectivity index (χ3n) is 8.78. The zero-order valence-corrected chi connectivity index (χ0v) is 30.8. The van der Waals surface area contributed by atoms with Gasteiger partial charge in [-0.3, -0.25) is 5.32 Å². The predicted octanol–water partition coefficient (Wildman–Crippen LogP) is 5.48. The fraction of sp³-hybridized carbons (Fsp3) is 0.405. The Morgan fingerprint density at radius 1 is 0.961 bits per heavy atom. The third kappa shape index (κ3) is 8.11. The Bertz CT molecular complexity index is 1990. The van der Waals surface area contributed by atoms with E-state index in [0.717, 1.165) is 27.8 Å². The van der Waals surface area contributed by atoms with Gasteiger partial charge in [0.2, 0.25) is 5.96 Å². The Balaban J connectivity index is 1.36. The molecule has 3 aromatic carbocycles. The maximum atomic E-state index is 14.0. The molecule has 1 heterocycles. The number of ether oxygens (including phenoxy) is 3. The van der Waals surface area contributed by atoms with E-state index in [4.69, 9.17) is 14.2 Å². The highest BCUT2D eigenvalue weighted by Gasteiger charge is 2.37. The normalized spacial score (nSPS) is 15.5. The Hall–Kier alpha value is -5.11. The third-order valence-corrected chi connectivity index (χ3v) is 10.4. The van der Waals surface area contributed by atoms with Crippen LogP contribution in [0, 0.1) is 20.8 Å². The smallest absolute Gasteiger partial charge is 0.414 e. The Labute approximate surface area is 297 Å². The number of carbonyl (C=O) groups excluding carboxylic acids is 2. The number of nitrogens with zero attached hydrogens (tertiary/aromatic N) is 1. The van der Waals surface area contributed by atoms with E-state index in [1.807, 2.05) is 62.4 Å². The van der Waals surface area contributed by atoms with Crippen molar-refractivity contribution in [3.05, 3.63) is 81.9 Å². The average molecular weight is 721 g/mol. The number of aliphatic imine (C=N–C) groups is 1. The molecular formula is C37H44N4O9S. The van der Waals surface area contributed by atoms with Crippen LogP contribution in [0.4, 0.5) is 9.59 Å². The summed E-state index contributed by atoms with van der Waals surface area (Å²) >= 11 is 0. The molecule has 2 amide bonds. The maximum absolute atomic E-state index is 14.0. The largest absolute Gasteiger partial charge is 0.487 e. The molecule has 272 valence electrons. The van der Waals surface area contributed by atoms with Crippen LogP contribution < -0.4 is 20.1 Å². The summed E-state index contributed by atoms with van der Waals surface area (Å²) in [6.45, 7) is 13.1. The number of carboxylic acids is 1. The van der Waals surface area contributed by atoms with Gasteiger partial charge in [-0.2, -0.15) is 0 Å². The molecule has 1 aliphatic heterocycles. The molecule has 0 saturated heterocycles. The summed E-state index contributed by atoms with van der Waals surface area (Å²) in [6.07, 6.45) is -1.56. The lowest BCUT2D eigenvalue weighted by molar-refractivity contribution is -0.139. The molecule has 4 N–H and O–H groups in total. The van der Waals surface area contributed by atoms with Gasteiger partial charge < -0.3 is 24.6 Å². The van der Waals surface area contributed by atoms with Crippen LogP contribution in [0.15, 0.2) is 58.4 Å². The quantitative estimate of drug-likeness (QED) is 0.173. The number of amides is 2. The lowest BCUT2D eigenvalue weighted by Crippen LogP contribution is -2.48. The number of hydrogen-bond acceptors (Lipinski definition) is 9. The number of guanidine groups is 1. The molecule has 5 rings (SSSR count). The van der Waals surface area contributed by atoms with E-state index in [2.05, 4.69) is 20.3 Å². The van der Waals surface area contributed by atoms with Gasteiger partial charge in [0.25, 0.3) is 10.0 Å². The first-order chi connectivity index (χ1) is 23.8. The van der Waals surface area contributed by atoms with Crippen LogP contribution in [0.3, 0.4) is 0 Å². The lowest BCUT2D eigenvalue weighted by atomic mass is 9.94. The number of carboxylic acid groups (broad SMARTS) is 1. The monoisotopic (exact) mass is 720 g/mol. The molecule has 2 aliphatic rings. The number of alkyl carbamates (subject to hydrolysis) is 2. The van der Waals surface area contributed by atoms with Crippen LogP contribution in [-0.4, -0.2) is 68.0 Å². The highest BCUT2D eigenvalue weighted by molar-refractivity contribution is 7.90. The van der Waals surface area contributed by atoms with Gasteiger partial charge in [0.05, 0.1) is 11.4 Å². The van der Waals surface area contributed by atoms with E-state index in [9.17, 15) is 27.9 Å². The number of aliphatic carboxylic acids is 1. The van der Waals surface area contributed by atoms with Gasteiger partial charge in [-0.15, -0.1) is 0 Å². The summed E-state index contributed by atoms with van der Waals surface area (Å²) < 4.78 is 47.2. The van der Waals surface area contributed by atoms with Gasteiger partial charge in [0.1, 0.15) is 29.6 Å². The van der Waals surface area contributed by atoms with Crippen molar-refractivity contribution in [2.45, 2.75) is 89.9 Å². The van der Waals surface area contributed by atoms with E-state index < -0.39 is 57.9 Å². The van der Waals surface area contributed by atoms with E-state index in [1.165, 1.54) is 0 Å². The molecule has 13 nitrogen and oxygen atoms in total. The zero-order valence-electron chi connectivity index (χ0n) is 30.0. The van der Waals surface area contributed by atoms with Crippen LogP contribution in [0.1, 0.15) is 73.9 Å². The topological polar surface area (TPSA) is 182 Å². The molecule has 1 aliphatic carbocycles. The van der Waals surface area contributed by atoms with Crippen LogP contribution in [0.2, 0.25) is 0 Å². The van der Waals surface area contributed by atoms with Crippen molar-refractivity contribution in [2.24, 2.45) is 4.99 Å². The van der Waals surface area contributed by atoms with Crippen molar-refractivity contribution < 1.29 is 42.1 Å². The molecule has 0 spiro atoms. The Morgan fingerprint density at radius 2 is 1.55 bits per heavy atom. The van der Waals surface area contributed by atoms with Crippen molar-refractivity contribution in [3.63, 3.8) is 0 Å². The van der Waals surface area contributed by atoms with Crippen molar-refractivity contribution in [3.8, 4) is 16.9 Å². The minimum Gasteiger partial charge on any atom is -0.487 e. The SMILES string of the molecule is Cc1c(C)c(S(=O)(=O)NC(=NC[C@H](NC(=O)OCC2c3ccccc3-c3ccccc32)C(=O)O)NC(=O)OC(C)(C)C)c(C)c2c1OC(C)(C)C2. The number of hydrogen-bond donors (Lipinski definition) is 4. The van der Waals surface area contributed by atoms with Gasteiger partial charge >= 0.3 is 18.2 Å². The average Bonchev–Trinajstić information content (AvgIpc) is 3.53. The molecule has 0 unspecified atom stereocenters. The van der Waals surface area contributed by atoms with Gasteiger partial charge in [0, 0.05) is 17.9 Å². The second-order valence-corrected chi connectivity index (χ2v) is 16.0. The van der Waals surface area contributed by atoms with E-state index in [1.54, 1.807) is 41.5 Å². The van der Waals surface area contributed by atoms with Gasteiger partial charge in [-0.1, -0.05) is 48.5 Å². The molecule has 0 saturated carbocycles. The Morgan fingerprint density at radius 3 is 2.12 bits per heavy atom. The summed E-state index contributed by atoms with van der Waals surface area (Å²) in [5, 5.41) is 14.5. The number of nitrogens with one attached hydrogen (secondary N) is 3. The lowest BCUT2D eigenvalue weighted by Gasteiger charge is -2.22.